The molecule has 1 aromatic carbocycles. The van der Waals surface area contributed by atoms with Crippen LogP contribution in [0.2, 0.25) is 5.02 Å². The number of ether oxygens (including phenoxy) is 1. The van der Waals surface area contributed by atoms with Gasteiger partial charge in [0.2, 0.25) is 0 Å². The van der Waals surface area contributed by atoms with Crippen molar-refractivity contribution in [3.8, 4) is 0 Å². The Labute approximate surface area is 106 Å². The molecule has 0 spiro atoms. The maximum atomic E-state index is 14.1. The fourth-order valence-electron chi connectivity index (χ4n) is 2.36. The maximum absolute atomic E-state index is 14.1. The molecule has 0 amide bonds. The van der Waals surface area contributed by atoms with E-state index in [4.69, 9.17) is 22.1 Å². The molecule has 1 unspecified atom stereocenters. The second-order valence-electron chi connectivity index (χ2n) is 4.82. The number of methoxy groups -OCH3 is 1. The second-order valence-corrected chi connectivity index (χ2v) is 5.22. The molecule has 1 saturated carbocycles. The lowest BCUT2D eigenvalue weighted by atomic mass is 9.88. The van der Waals surface area contributed by atoms with Gasteiger partial charge in [-0.2, -0.15) is 0 Å². The van der Waals surface area contributed by atoms with E-state index in [0.717, 1.165) is 18.4 Å². The van der Waals surface area contributed by atoms with E-state index in [0.29, 0.717) is 12.2 Å². The zero-order chi connectivity index (χ0) is 12.6. The van der Waals surface area contributed by atoms with E-state index in [-0.39, 0.29) is 22.3 Å². The minimum atomic E-state index is -0.332. The van der Waals surface area contributed by atoms with Crippen LogP contribution in [0.25, 0.3) is 0 Å². The topological polar surface area (TPSA) is 35.2 Å². The van der Waals surface area contributed by atoms with Gasteiger partial charge in [-0.3, -0.25) is 0 Å². The van der Waals surface area contributed by atoms with Gasteiger partial charge in [0.05, 0.1) is 11.6 Å². The Hall–Kier alpha value is -0.640. The molecule has 1 aromatic rings. The summed E-state index contributed by atoms with van der Waals surface area (Å²) < 4.78 is 19.1. The third-order valence-corrected chi connectivity index (χ3v) is 3.87. The SMILES string of the molecule is COCc1cc(Cl)c(F)c(C2(C(C)N)CC2)c1. The van der Waals surface area contributed by atoms with E-state index in [9.17, 15) is 4.39 Å². The van der Waals surface area contributed by atoms with E-state index in [1.165, 1.54) is 0 Å². The fourth-order valence-corrected chi connectivity index (χ4v) is 2.60. The van der Waals surface area contributed by atoms with Crippen molar-refractivity contribution in [2.45, 2.75) is 37.8 Å². The van der Waals surface area contributed by atoms with Crippen LogP contribution >= 0.6 is 11.6 Å². The molecular weight excluding hydrogens is 241 g/mol. The molecule has 1 aliphatic rings. The Morgan fingerprint density at radius 3 is 2.65 bits per heavy atom. The standard InChI is InChI=1S/C13H17ClFNO/c1-8(16)13(3-4-13)10-5-9(7-17-2)6-11(14)12(10)15/h5-6,8H,3-4,7,16H2,1-2H3. The van der Waals surface area contributed by atoms with E-state index >= 15 is 0 Å². The van der Waals surface area contributed by atoms with Crippen LogP contribution in [-0.4, -0.2) is 13.2 Å². The quantitative estimate of drug-likeness (QED) is 0.900. The molecule has 0 saturated heterocycles. The molecule has 2 nitrogen and oxygen atoms in total. The number of benzene rings is 1. The highest BCUT2D eigenvalue weighted by atomic mass is 35.5. The summed E-state index contributed by atoms with van der Waals surface area (Å²) in [6, 6.07) is 3.38. The first-order chi connectivity index (χ1) is 8.01. The van der Waals surface area contributed by atoms with Crippen LogP contribution in [0.1, 0.15) is 30.9 Å². The van der Waals surface area contributed by atoms with Crippen molar-refractivity contribution in [2.75, 3.05) is 7.11 Å². The summed E-state index contributed by atoms with van der Waals surface area (Å²) in [5.41, 5.74) is 7.28. The minimum absolute atomic E-state index is 0.0640. The van der Waals surface area contributed by atoms with E-state index in [2.05, 4.69) is 0 Å². The molecule has 0 aromatic heterocycles. The zero-order valence-corrected chi connectivity index (χ0v) is 10.9. The molecule has 0 radical (unpaired) electrons. The van der Waals surface area contributed by atoms with Crippen LogP contribution in [0, 0.1) is 5.82 Å². The summed E-state index contributed by atoms with van der Waals surface area (Å²) in [6.07, 6.45) is 1.85. The van der Waals surface area contributed by atoms with Gasteiger partial charge in [-0.15, -0.1) is 0 Å². The van der Waals surface area contributed by atoms with Gasteiger partial charge in [-0.25, -0.2) is 4.39 Å². The third kappa shape index (κ3) is 2.19. The van der Waals surface area contributed by atoms with Gasteiger partial charge < -0.3 is 10.5 Å². The lowest BCUT2D eigenvalue weighted by Gasteiger charge is -2.22. The summed E-state index contributed by atoms with van der Waals surface area (Å²) >= 11 is 5.92. The van der Waals surface area contributed by atoms with Crippen LogP contribution < -0.4 is 5.73 Å². The Bertz CT molecular complexity index is 430. The molecule has 4 heteroatoms. The van der Waals surface area contributed by atoms with Crippen molar-refractivity contribution < 1.29 is 9.13 Å². The lowest BCUT2D eigenvalue weighted by molar-refractivity contribution is 0.184. The molecule has 0 aliphatic heterocycles. The van der Waals surface area contributed by atoms with Crippen LogP contribution in [0.5, 0.6) is 0 Å². The van der Waals surface area contributed by atoms with Crippen molar-refractivity contribution in [2.24, 2.45) is 5.73 Å². The summed E-state index contributed by atoms with van der Waals surface area (Å²) in [7, 11) is 1.61. The smallest absolute Gasteiger partial charge is 0.145 e. The molecule has 2 rings (SSSR count). The highest BCUT2D eigenvalue weighted by Gasteiger charge is 2.49. The van der Waals surface area contributed by atoms with Crippen molar-refractivity contribution in [1.82, 2.24) is 0 Å². The van der Waals surface area contributed by atoms with Crippen molar-refractivity contribution in [1.29, 1.82) is 0 Å². The van der Waals surface area contributed by atoms with Gasteiger partial charge in [0.25, 0.3) is 0 Å². The first-order valence-electron chi connectivity index (χ1n) is 5.74. The third-order valence-electron chi connectivity index (χ3n) is 3.60. The normalized spacial score (nSPS) is 19.1. The van der Waals surface area contributed by atoms with Crippen LogP contribution in [0.3, 0.4) is 0 Å². The van der Waals surface area contributed by atoms with Crippen LogP contribution in [0.4, 0.5) is 4.39 Å². The number of nitrogens with two attached hydrogens (primary N) is 1. The molecule has 1 aliphatic carbocycles. The molecule has 94 valence electrons. The van der Waals surface area contributed by atoms with E-state index in [1.54, 1.807) is 13.2 Å². The fraction of sp³-hybridized carbons (Fsp3) is 0.538. The largest absolute Gasteiger partial charge is 0.380 e. The predicted octanol–water partition coefficient (Wildman–Crippen LogP) is 3.00. The highest BCUT2D eigenvalue weighted by molar-refractivity contribution is 6.30. The van der Waals surface area contributed by atoms with Gasteiger partial charge in [0.1, 0.15) is 5.82 Å². The molecule has 17 heavy (non-hydrogen) atoms. The molecule has 2 N–H and O–H groups in total. The first kappa shape index (κ1) is 12.8. The number of hydrogen-bond acceptors (Lipinski definition) is 2. The van der Waals surface area contributed by atoms with Crippen molar-refractivity contribution >= 4 is 11.6 Å². The Balaban J connectivity index is 2.46. The van der Waals surface area contributed by atoms with Crippen LogP contribution in [-0.2, 0) is 16.8 Å². The number of halogens is 2. The van der Waals surface area contributed by atoms with Crippen molar-refractivity contribution in [3.63, 3.8) is 0 Å². The van der Waals surface area contributed by atoms with E-state index in [1.807, 2.05) is 13.0 Å². The van der Waals surface area contributed by atoms with Crippen molar-refractivity contribution in [3.05, 3.63) is 34.1 Å². The monoisotopic (exact) mass is 257 g/mol. The average Bonchev–Trinajstić information content (AvgIpc) is 3.04. The van der Waals surface area contributed by atoms with Gasteiger partial charge in [-0.05, 0) is 43.0 Å². The summed E-state index contributed by atoms with van der Waals surface area (Å²) in [4.78, 5) is 0. The Kier molecular flexibility index (Phi) is 3.43. The molecule has 1 atom stereocenters. The van der Waals surface area contributed by atoms with Gasteiger partial charge in [0, 0.05) is 18.6 Å². The zero-order valence-electron chi connectivity index (χ0n) is 10.1. The average molecular weight is 258 g/mol. The molecule has 0 bridgehead atoms. The molecule has 1 fully saturated rings. The minimum Gasteiger partial charge on any atom is -0.380 e. The summed E-state index contributed by atoms with van der Waals surface area (Å²) in [5, 5.41) is 0.154. The predicted molar refractivity (Wildman–Crippen MR) is 66.7 cm³/mol. The molecular formula is C13H17ClFNO. The highest BCUT2D eigenvalue weighted by Crippen LogP contribution is 2.52. The Morgan fingerprint density at radius 2 is 2.18 bits per heavy atom. The van der Waals surface area contributed by atoms with Gasteiger partial charge in [0.15, 0.2) is 0 Å². The van der Waals surface area contributed by atoms with Gasteiger partial charge >= 0.3 is 0 Å². The second kappa shape index (κ2) is 4.56. The number of rotatable bonds is 4. The Morgan fingerprint density at radius 1 is 1.53 bits per heavy atom. The van der Waals surface area contributed by atoms with E-state index < -0.39 is 0 Å². The van der Waals surface area contributed by atoms with Gasteiger partial charge in [-0.1, -0.05) is 11.6 Å². The lowest BCUT2D eigenvalue weighted by Crippen LogP contribution is -2.32. The summed E-state index contributed by atoms with van der Waals surface area (Å²) in [6.45, 7) is 2.35. The maximum Gasteiger partial charge on any atom is 0.145 e. The molecule has 0 heterocycles. The summed E-state index contributed by atoms with van der Waals surface area (Å²) in [5.74, 6) is -0.332. The first-order valence-corrected chi connectivity index (χ1v) is 6.12. The number of hydrogen-bond donors (Lipinski definition) is 1. The van der Waals surface area contributed by atoms with Crippen LogP contribution in [0.15, 0.2) is 12.1 Å².